The Kier molecular flexibility index (Phi) is 3.43. The highest BCUT2D eigenvalue weighted by molar-refractivity contribution is 4.84. The first kappa shape index (κ1) is 11.0. The fraction of sp³-hybridized carbons (Fsp3) is 1.00. The van der Waals surface area contributed by atoms with E-state index in [4.69, 9.17) is 14.2 Å². The summed E-state index contributed by atoms with van der Waals surface area (Å²) < 4.78 is 16.7. The van der Waals surface area contributed by atoms with Gasteiger partial charge in [0.05, 0.1) is 32.0 Å². The van der Waals surface area contributed by atoms with Gasteiger partial charge in [0.2, 0.25) is 0 Å². The van der Waals surface area contributed by atoms with Crippen molar-refractivity contribution in [3.8, 4) is 0 Å². The molecule has 3 rings (SSSR count). The SMILES string of the molecule is C1CC1NCC1CCC(COC2COC2)O1. The predicted octanol–water partition coefficient (Wildman–Crippen LogP) is 0.701. The van der Waals surface area contributed by atoms with Gasteiger partial charge in [-0.25, -0.2) is 0 Å². The second-order valence-corrected chi connectivity index (χ2v) is 5.13. The van der Waals surface area contributed by atoms with Gasteiger partial charge in [-0.05, 0) is 25.7 Å². The fourth-order valence-electron chi connectivity index (χ4n) is 2.19. The molecule has 0 radical (unpaired) electrons. The molecule has 1 aliphatic carbocycles. The Bertz CT molecular complexity index is 228. The van der Waals surface area contributed by atoms with E-state index in [2.05, 4.69) is 5.32 Å². The maximum Gasteiger partial charge on any atom is 0.104 e. The van der Waals surface area contributed by atoms with Crippen LogP contribution in [0.3, 0.4) is 0 Å². The maximum absolute atomic E-state index is 5.93. The Morgan fingerprint density at radius 3 is 2.56 bits per heavy atom. The van der Waals surface area contributed by atoms with Crippen LogP contribution < -0.4 is 5.32 Å². The van der Waals surface area contributed by atoms with Gasteiger partial charge in [0.1, 0.15) is 6.10 Å². The van der Waals surface area contributed by atoms with E-state index in [1.165, 1.54) is 19.3 Å². The lowest BCUT2D eigenvalue weighted by molar-refractivity contribution is -0.147. The summed E-state index contributed by atoms with van der Waals surface area (Å²) in [6, 6.07) is 0.783. The van der Waals surface area contributed by atoms with Crippen LogP contribution in [0.2, 0.25) is 0 Å². The zero-order valence-electron chi connectivity index (χ0n) is 9.69. The molecule has 3 fully saturated rings. The van der Waals surface area contributed by atoms with Gasteiger partial charge in [-0.2, -0.15) is 0 Å². The minimum Gasteiger partial charge on any atom is -0.376 e. The van der Waals surface area contributed by atoms with Gasteiger partial charge in [-0.15, -0.1) is 0 Å². The van der Waals surface area contributed by atoms with Crippen molar-refractivity contribution in [2.45, 2.75) is 50.0 Å². The molecule has 0 aromatic rings. The third-order valence-corrected chi connectivity index (χ3v) is 3.53. The number of ether oxygens (including phenoxy) is 3. The molecule has 2 unspecified atom stereocenters. The highest BCUT2D eigenvalue weighted by Crippen LogP contribution is 2.23. The van der Waals surface area contributed by atoms with E-state index in [9.17, 15) is 0 Å². The zero-order valence-corrected chi connectivity index (χ0v) is 9.69. The molecule has 16 heavy (non-hydrogen) atoms. The smallest absolute Gasteiger partial charge is 0.104 e. The lowest BCUT2D eigenvalue weighted by atomic mass is 10.2. The minimum atomic E-state index is 0.312. The molecule has 2 atom stereocenters. The van der Waals surface area contributed by atoms with Crippen LogP contribution in [0.5, 0.6) is 0 Å². The quantitative estimate of drug-likeness (QED) is 0.725. The summed E-state index contributed by atoms with van der Waals surface area (Å²) in [5.74, 6) is 0. The molecule has 1 saturated carbocycles. The molecule has 0 bridgehead atoms. The van der Waals surface area contributed by atoms with Crippen molar-refractivity contribution in [1.29, 1.82) is 0 Å². The van der Waals surface area contributed by atoms with E-state index >= 15 is 0 Å². The van der Waals surface area contributed by atoms with Crippen molar-refractivity contribution in [2.24, 2.45) is 0 Å². The van der Waals surface area contributed by atoms with E-state index in [0.717, 1.165) is 38.8 Å². The summed E-state index contributed by atoms with van der Waals surface area (Å²) in [6.07, 6.45) is 6.06. The first-order valence-electron chi connectivity index (χ1n) is 6.48. The summed E-state index contributed by atoms with van der Waals surface area (Å²) in [5, 5.41) is 3.52. The van der Waals surface area contributed by atoms with Crippen LogP contribution in [0.4, 0.5) is 0 Å². The van der Waals surface area contributed by atoms with Crippen molar-refractivity contribution in [2.75, 3.05) is 26.4 Å². The Balaban J connectivity index is 1.29. The molecular weight excluding hydrogens is 206 g/mol. The second kappa shape index (κ2) is 5.00. The van der Waals surface area contributed by atoms with Gasteiger partial charge in [0, 0.05) is 12.6 Å². The van der Waals surface area contributed by atoms with Crippen LogP contribution in [0, 0.1) is 0 Å². The molecule has 0 aromatic carbocycles. The highest BCUT2D eigenvalue weighted by Gasteiger charge is 2.29. The lowest BCUT2D eigenvalue weighted by Crippen LogP contribution is -2.38. The summed E-state index contributed by atoms with van der Waals surface area (Å²) in [7, 11) is 0. The molecule has 3 aliphatic rings. The largest absolute Gasteiger partial charge is 0.376 e. The lowest BCUT2D eigenvalue weighted by Gasteiger charge is -2.27. The molecule has 0 amide bonds. The average molecular weight is 227 g/mol. The molecule has 0 aromatic heterocycles. The maximum atomic E-state index is 5.93. The monoisotopic (exact) mass is 227 g/mol. The van der Waals surface area contributed by atoms with Crippen LogP contribution >= 0.6 is 0 Å². The predicted molar refractivity (Wildman–Crippen MR) is 59.5 cm³/mol. The summed E-state index contributed by atoms with van der Waals surface area (Å²) in [5.41, 5.74) is 0. The standard InChI is InChI=1S/C12H21NO3/c1-2-9(1)13-5-10-3-4-11(16-10)8-15-12-6-14-7-12/h9-13H,1-8H2. The number of hydrogen-bond acceptors (Lipinski definition) is 4. The Morgan fingerprint density at radius 2 is 1.88 bits per heavy atom. The van der Waals surface area contributed by atoms with E-state index in [1.807, 2.05) is 0 Å². The molecule has 1 N–H and O–H groups in total. The molecule has 4 nitrogen and oxygen atoms in total. The Morgan fingerprint density at radius 1 is 1.06 bits per heavy atom. The van der Waals surface area contributed by atoms with Gasteiger partial charge in [0.15, 0.2) is 0 Å². The minimum absolute atomic E-state index is 0.312. The second-order valence-electron chi connectivity index (χ2n) is 5.13. The third-order valence-electron chi connectivity index (χ3n) is 3.53. The Hall–Kier alpha value is -0.160. The highest BCUT2D eigenvalue weighted by atomic mass is 16.6. The van der Waals surface area contributed by atoms with Crippen LogP contribution in [0.1, 0.15) is 25.7 Å². The van der Waals surface area contributed by atoms with Gasteiger partial charge < -0.3 is 19.5 Å². The molecule has 4 heteroatoms. The third kappa shape index (κ3) is 2.94. The van der Waals surface area contributed by atoms with Gasteiger partial charge in [-0.3, -0.25) is 0 Å². The van der Waals surface area contributed by atoms with E-state index in [1.54, 1.807) is 0 Å². The summed E-state index contributed by atoms with van der Waals surface area (Å²) in [6.45, 7) is 3.29. The normalized spacial score (nSPS) is 35.2. The van der Waals surface area contributed by atoms with E-state index in [-0.39, 0.29) is 0 Å². The number of hydrogen-bond donors (Lipinski definition) is 1. The molecule has 2 saturated heterocycles. The van der Waals surface area contributed by atoms with Crippen molar-refractivity contribution in [1.82, 2.24) is 5.32 Å². The molecule has 2 aliphatic heterocycles. The first-order chi connectivity index (χ1) is 7.90. The number of rotatable bonds is 6. The van der Waals surface area contributed by atoms with Crippen molar-refractivity contribution in [3.05, 3.63) is 0 Å². The van der Waals surface area contributed by atoms with Crippen molar-refractivity contribution in [3.63, 3.8) is 0 Å². The van der Waals surface area contributed by atoms with E-state index < -0.39 is 0 Å². The Labute approximate surface area is 96.6 Å². The first-order valence-corrected chi connectivity index (χ1v) is 6.48. The zero-order chi connectivity index (χ0) is 10.8. The fourth-order valence-corrected chi connectivity index (χ4v) is 2.19. The van der Waals surface area contributed by atoms with Crippen LogP contribution in [-0.2, 0) is 14.2 Å². The average Bonchev–Trinajstić information content (AvgIpc) is 2.94. The van der Waals surface area contributed by atoms with Crippen LogP contribution in [0.25, 0.3) is 0 Å². The molecule has 2 heterocycles. The van der Waals surface area contributed by atoms with Gasteiger partial charge in [-0.1, -0.05) is 0 Å². The summed E-state index contributed by atoms with van der Waals surface area (Å²) >= 11 is 0. The van der Waals surface area contributed by atoms with Crippen molar-refractivity contribution >= 4 is 0 Å². The van der Waals surface area contributed by atoms with Gasteiger partial charge in [0.25, 0.3) is 0 Å². The van der Waals surface area contributed by atoms with Crippen LogP contribution in [-0.4, -0.2) is 50.7 Å². The molecule has 0 spiro atoms. The summed E-state index contributed by atoms with van der Waals surface area (Å²) in [4.78, 5) is 0. The van der Waals surface area contributed by atoms with Crippen molar-refractivity contribution < 1.29 is 14.2 Å². The van der Waals surface area contributed by atoms with Crippen LogP contribution in [0.15, 0.2) is 0 Å². The molecule has 92 valence electrons. The topological polar surface area (TPSA) is 39.7 Å². The van der Waals surface area contributed by atoms with Gasteiger partial charge >= 0.3 is 0 Å². The number of nitrogens with one attached hydrogen (secondary N) is 1. The van der Waals surface area contributed by atoms with E-state index in [0.29, 0.717) is 18.3 Å². The molecular formula is C12H21NO3.